The Balaban J connectivity index is 1.25. The highest BCUT2D eigenvalue weighted by atomic mass is 16.1. The topological polar surface area (TPSA) is 125 Å². The Bertz CT molecular complexity index is 1960. The van der Waals surface area contributed by atoms with Gasteiger partial charge in [0.15, 0.2) is 5.82 Å². The van der Waals surface area contributed by atoms with Gasteiger partial charge in [0.25, 0.3) is 5.91 Å². The van der Waals surface area contributed by atoms with E-state index in [1.807, 2.05) is 60.7 Å². The van der Waals surface area contributed by atoms with E-state index >= 15 is 0 Å². The molecule has 5 heterocycles. The molecule has 7 rings (SSSR count). The number of H-pyrrole nitrogens is 2. The highest BCUT2D eigenvalue weighted by Crippen LogP contribution is 2.32. The monoisotopic (exact) mass is 508 g/mol. The van der Waals surface area contributed by atoms with Crippen molar-refractivity contribution < 1.29 is 4.79 Å². The molecule has 0 radical (unpaired) electrons. The Hall–Kier alpha value is -5.70. The van der Waals surface area contributed by atoms with Crippen LogP contribution in [0.25, 0.3) is 55.8 Å². The van der Waals surface area contributed by atoms with Crippen LogP contribution in [0.1, 0.15) is 10.4 Å². The number of para-hydroxylation sites is 1. The number of pyridine rings is 3. The van der Waals surface area contributed by atoms with Gasteiger partial charge < -0.3 is 10.3 Å². The zero-order valence-electron chi connectivity index (χ0n) is 20.5. The van der Waals surface area contributed by atoms with Crippen LogP contribution in [-0.4, -0.2) is 41.0 Å². The number of rotatable bonds is 5. The largest absolute Gasteiger partial charge is 0.337 e. The van der Waals surface area contributed by atoms with Gasteiger partial charge in [0.05, 0.1) is 40.3 Å². The van der Waals surface area contributed by atoms with Crippen LogP contribution in [0, 0.1) is 0 Å². The van der Waals surface area contributed by atoms with E-state index in [0.29, 0.717) is 28.5 Å². The number of fused-ring (bicyclic) bond motifs is 2. The van der Waals surface area contributed by atoms with E-state index in [0.717, 1.165) is 38.6 Å². The number of carbonyl (C=O) groups excluding carboxylic acids is 1. The van der Waals surface area contributed by atoms with Crippen molar-refractivity contribution in [3.63, 3.8) is 0 Å². The summed E-state index contributed by atoms with van der Waals surface area (Å²) in [5.74, 6) is 0.447. The highest BCUT2D eigenvalue weighted by Gasteiger charge is 2.16. The van der Waals surface area contributed by atoms with Crippen molar-refractivity contribution in [1.82, 2.24) is 35.1 Å². The molecule has 9 nitrogen and oxygen atoms in total. The second-order valence-electron chi connectivity index (χ2n) is 8.99. The first-order chi connectivity index (χ1) is 19.2. The molecular formula is C30H20N8O. The predicted molar refractivity (Wildman–Crippen MR) is 150 cm³/mol. The van der Waals surface area contributed by atoms with Gasteiger partial charge in [0.2, 0.25) is 0 Å². The quantitative estimate of drug-likeness (QED) is 0.267. The molecule has 0 saturated heterocycles. The second kappa shape index (κ2) is 9.31. The zero-order valence-corrected chi connectivity index (χ0v) is 20.5. The lowest BCUT2D eigenvalue weighted by atomic mass is 10.1. The summed E-state index contributed by atoms with van der Waals surface area (Å²) in [4.78, 5) is 34.0. The summed E-state index contributed by atoms with van der Waals surface area (Å²) < 4.78 is 0. The van der Waals surface area contributed by atoms with Gasteiger partial charge in [0.1, 0.15) is 5.69 Å². The number of nitrogens with one attached hydrogen (secondary N) is 3. The Morgan fingerprint density at radius 1 is 0.795 bits per heavy atom. The molecule has 0 aliphatic heterocycles. The fraction of sp³-hybridized carbons (Fsp3) is 0. The normalized spacial score (nSPS) is 11.2. The van der Waals surface area contributed by atoms with Gasteiger partial charge in [-0.1, -0.05) is 30.3 Å². The van der Waals surface area contributed by atoms with Crippen molar-refractivity contribution in [2.75, 3.05) is 5.32 Å². The van der Waals surface area contributed by atoms with Crippen LogP contribution < -0.4 is 5.32 Å². The summed E-state index contributed by atoms with van der Waals surface area (Å²) in [6, 6.07) is 22.8. The third-order valence-corrected chi connectivity index (χ3v) is 6.50. The average Bonchev–Trinajstić information content (AvgIpc) is 3.62. The van der Waals surface area contributed by atoms with Gasteiger partial charge in [-0.2, -0.15) is 5.10 Å². The van der Waals surface area contributed by atoms with Crippen LogP contribution in [0.4, 0.5) is 5.69 Å². The molecule has 0 bridgehead atoms. The Morgan fingerprint density at radius 2 is 1.67 bits per heavy atom. The predicted octanol–water partition coefficient (Wildman–Crippen LogP) is 5.88. The van der Waals surface area contributed by atoms with Crippen molar-refractivity contribution in [2.24, 2.45) is 0 Å². The molecule has 3 N–H and O–H groups in total. The van der Waals surface area contributed by atoms with Crippen molar-refractivity contribution in [3.05, 3.63) is 109 Å². The average molecular weight is 509 g/mol. The van der Waals surface area contributed by atoms with Crippen LogP contribution in [-0.2, 0) is 0 Å². The van der Waals surface area contributed by atoms with E-state index < -0.39 is 0 Å². The Morgan fingerprint density at radius 3 is 2.54 bits per heavy atom. The van der Waals surface area contributed by atoms with E-state index in [1.165, 1.54) is 0 Å². The molecule has 0 spiro atoms. The lowest BCUT2D eigenvalue weighted by Crippen LogP contribution is -2.11. The standard InChI is InChI=1S/C30H20N8O/c39-30(19-5-2-1-3-6-19)34-21-13-20(15-32-16-21)25-14-23-26(17-33-25)37-38-28(23)29-35-24-8-4-7-22(27(24)36-29)18-9-11-31-12-10-18/h1-17H,(H,34,39)(H,35,36)(H,37,38). The molecule has 0 unspecified atom stereocenters. The molecule has 0 aliphatic rings. The van der Waals surface area contributed by atoms with Gasteiger partial charge in [0, 0.05) is 40.7 Å². The summed E-state index contributed by atoms with van der Waals surface area (Å²) in [5, 5.41) is 11.4. The maximum atomic E-state index is 12.6. The third kappa shape index (κ3) is 4.17. The summed E-state index contributed by atoms with van der Waals surface area (Å²) >= 11 is 0. The molecule has 0 atom stereocenters. The van der Waals surface area contributed by atoms with Gasteiger partial charge in [-0.3, -0.25) is 24.8 Å². The molecule has 0 aliphatic carbocycles. The van der Waals surface area contributed by atoms with Gasteiger partial charge in [-0.25, -0.2) is 4.98 Å². The van der Waals surface area contributed by atoms with E-state index in [9.17, 15) is 4.79 Å². The third-order valence-electron chi connectivity index (χ3n) is 6.50. The maximum Gasteiger partial charge on any atom is 0.255 e. The van der Waals surface area contributed by atoms with Crippen molar-refractivity contribution in [2.45, 2.75) is 0 Å². The van der Waals surface area contributed by atoms with Crippen LogP contribution in [0.3, 0.4) is 0 Å². The van der Waals surface area contributed by atoms with Gasteiger partial charge >= 0.3 is 0 Å². The number of anilines is 1. The van der Waals surface area contributed by atoms with Crippen LogP contribution in [0.15, 0.2) is 104 Å². The van der Waals surface area contributed by atoms with Crippen LogP contribution in [0.2, 0.25) is 0 Å². The number of imidazole rings is 1. The number of nitrogens with zero attached hydrogens (tertiary/aromatic N) is 5. The molecule has 39 heavy (non-hydrogen) atoms. The van der Waals surface area contributed by atoms with E-state index in [-0.39, 0.29) is 5.91 Å². The van der Waals surface area contributed by atoms with Crippen LogP contribution >= 0.6 is 0 Å². The molecule has 186 valence electrons. The lowest BCUT2D eigenvalue weighted by molar-refractivity contribution is 0.102. The molecule has 9 heteroatoms. The Labute approximate surface area is 222 Å². The first-order valence-electron chi connectivity index (χ1n) is 12.3. The first kappa shape index (κ1) is 22.5. The van der Waals surface area contributed by atoms with Crippen molar-refractivity contribution in [3.8, 4) is 33.9 Å². The number of amides is 1. The first-order valence-corrected chi connectivity index (χ1v) is 12.3. The number of hydrogen-bond acceptors (Lipinski definition) is 6. The molecular weight excluding hydrogens is 488 g/mol. The summed E-state index contributed by atoms with van der Waals surface area (Å²) in [5.41, 5.74) is 7.91. The summed E-state index contributed by atoms with van der Waals surface area (Å²) in [7, 11) is 0. The fourth-order valence-corrected chi connectivity index (χ4v) is 4.60. The van der Waals surface area contributed by atoms with Gasteiger partial charge in [-0.05, 0) is 48.0 Å². The SMILES string of the molecule is O=C(Nc1cncc(-c2cc3c(-c4nc5c(-c6ccncc6)cccc5[nH]4)n[nH]c3cn2)c1)c1ccccc1. The number of hydrogen-bond donors (Lipinski definition) is 3. The van der Waals surface area contributed by atoms with E-state index in [4.69, 9.17) is 4.98 Å². The van der Waals surface area contributed by atoms with Crippen molar-refractivity contribution >= 4 is 33.5 Å². The molecule has 2 aromatic carbocycles. The second-order valence-corrected chi connectivity index (χ2v) is 8.99. The zero-order chi connectivity index (χ0) is 26.2. The minimum atomic E-state index is -0.203. The molecule has 0 fully saturated rings. The van der Waals surface area contributed by atoms with Crippen molar-refractivity contribution in [1.29, 1.82) is 0 Å². The summed E-state index contributed by atoms with van der Waals surface area (Å²) in [6.07, 6.45) is 8.61. The molecule has 0 saturated carbocycles. The van der Waals surface area contributed by atoms with Crippen LogP contribution in [0.5, 0.6) is 0 Å². The van der Waals surface area contributed by atoms with E-state index in [1.54, 1.807) is 43.1 Å². The van der Waals surface area contributed by atoms with Gasteiger partial charge in [-0.15, -0.1) is 0 Å². The smallest absolute Gasteiger partial charge is 0.255 e. The molecule has 7 aromatic rings. The lowest BCUT2D eigenvalue weighted by Gasteiger charge is -2.07. The number of aromatic nitrogens is 7. The highest BCUT2D eigenvalue weighted by molar-refractivity contribution is 6.04. The fourth-order valence-electron chi connectivity index (χ4n) is 4.60. The number of carbonyl (C=O) groups is 1. The number of aromatic amines is 2. The summed E-state index contributed by atoms with van der Waals surface area (Å²) in [6.45, 7) is 0. The van der Waals surface area contributed by atoms with E-state index in [2.05, 4.69) is 35.5 Å². The molecule has 5 aromatic heterocycles. The minimum absolute atomic E-state index is 0.203. The molecule has 1 amide bonds. The maximum absolute atomic E-state index is 12.6. The minimum Gasteiger partial charge on any atom is -0.337 e. The Kier molecular flexibility index (Phi) is 5.37. The number of benzene rings is 2.